The number of amides is 1. The first-order valence-corrected chi connectivity index (χ1v) is 12.7. The summed E-state index contributed by atoms with van der Waals surface area (Å²) in [6, 6.07) is 11.9. The number of ketones is 1. The fraction of sp³-hybridized carbons (Fsp3) is 0.333. The first kappa shape index (κ1) is 22.5. The van der Waals surface area contributed by atoms with Gasteiger partial charge in [-0.2, -0.15) is 5.10 Å². The minimum Gasteiger partial charge on any atom is -0.339 e. The van der Waals surface area contributed by atoms with Crippen LogP contribution in [-0.2, 0) is 6.54 Å². The van der Waals surface area contributed by atoms with E-state index in [0.29, 0.717) is 38.0 Å². The number of carbonyl (C=O) groups excluding carboxylic acids is 2. The molecular formula is C27H28N4O2S. The van der Waals surface area contributed by atoms with Crippen molar-refractivity contribution < 1.29 is 9.59 Å². The Balaban J connectivity index is 1.39. The Kier molecular flexibility index (Phi) is 6.04. The summed E-state index contributed by atoms with van der Waals surface area (Å²) in [6.45, 7) is 7.88. The molecule has 1 aromatic carbocycles. The lowest BCUT2D eigenvalue weighted by atomic mass is 9.86. The molecule has 0 spiro atoms. The molecule has 34 heavy (non-hydrogen) atoms. The normalized spacial score (nSPS) is 14.6. The number of aryl methyl sites for hydroxylation is 3. The molecule has 1 saturated heterocycles. The van der Waals surface area contributed by atoms with Crippen LogP contribution >= 0.6 is 11.3 Å². The lowest BCUT2D eigenvalue weighted by Gasteiger charge is -2.32. The van der Waals surface area contributed by atoms with Crippen LogP contribution in [0.25, 0.3) is 21.6 Å². The van der Waals surface area contributed by atoms with Gasteiger partial charge in [0.25, 0.3) is 5.91 Å². The molecule has 4 heterocycles. The number of hydrogen-bond acceptors (Lipinski definition) is 5. The molecular weight excluding hydrogens is 444 g/mol. The average molecular weight is 473 g/mol. The highest BCUT2D eigenvalue weighted by molar-refractivity contribution is 7.13. The molecule has 1 aliphatic rings. The summed E-state index contributed by atoms with van der Waals surface area (Å²) in [5, 5.41) is 7.24. The summed E-state index contributed by atoms with van der Waals surface area (Å²) in [5.74, 6) is 0.130. The minimum atomic E-state index is -0.0487. The Morgan fingerprint density at radius 1 is 1.09 bits per heavy atom. The number of thiophene rings is 1. The van der Waals surface area contributed by atoms with Crippen LogP contribution in [0, 0.1) is 19.8 Å². The van der Waals surface area contributed by atoms with Crippen LogP contribution in [0.4, 0.5) is 0 Å². The van der Waals surface area contributed by atoms with Crippen LogP contribution in [0.2, 0.25) is 0 Å². The molecule has 1 amide bonds. The molecule has 0 bridgehead atoms. The Morgan fingerprint density at radius 3 is 2.56 bits per heavy atom. The first-order chi connectivity index (χ1) is 16.5. The van der Waals surface area contributed by atoms with E-state index >= 15 is 0 Å². The second-order valence-corrected chi connectivity index (χ2v) is 9.93. The van der Waals surface area contributed by atoms with Crippen molar-refractivity contribution in [2.75, 3.05) is 13.1 Å². The number of nitrogens with zero attached hydrogens (tertiary/aromatic N) is 4. The second kappa shape index (κ2) is 9.14. The van der Waals surface area contributed by atoms with Crippen LogP contribution < -0.4 is 0 Å². The molecule has 0 atom stereocenters. The van der Waals surface area contributed by atoms with E-state index in [-0.39, 0.29) is 17.6 Å². The van der Waals surface area contributed by atoms with Gasteiger partial charge in [-0.15, -0.1) is 11.3 Å². The molecule has 0 unspecified atom stereocenters. The maximum atomic E-state index is 13.7. The number of rotatable bonds is 5. The van der Waals surface area contributed by atoms with Crippen LogP contribution in [0.15, 0.2) is 48.0 Å². The Labute approximate surface area is 203 Å². The topological polar surface area (TPSA) is 68.1 Å². The summed E-state index contributed by atoms with van der Waals surface area (Å²) < 4.78 is 1.83. The van der Waals surface area contributed by atoms with Crippen LogP contribution in [0.1, 0.15) is 51.6 Å². The molecule has 7 heteroatoms. The van der Waals surface area contributed by atoms with Crippen molar-refractivity contribution in [1.82, 2.24) is 19.7 Å². The van der Waals surface area contributed by atoms with E-state index in [1.165, 1.54) is 0 Å². The zero-order valence-electron chi connectivity index (χ0n) is 19.7. The largest absolute Gasteiger partial charge is 0.339 e. The highest BCUT2D eigenvalue weighted by Crippen LogP contribution is 2.30. The van der Waals surface area contributed by atoms with Gasteiger partial charge in [-0.1, -0.05) is 29.8 Å². The molecule has 0 saturated carbocycles. The number of Topliss-reactive ketones (excluding diaryl/α,β-unsaturated/α-hetero) is 1. The van der Waals surface area contributed by atoms with Crippen LogP contribution in [0.5, 0.6) is 0 Å². The maximum absolute atomic E-state index is 13.7. The predicted octanol–water partition coefficient (Wildman–Crippen LogP) is 5.53. The highest BCUT2D eigenvalue weighted by atomic mass is 32.1. The Hall–Kier alpha value is -3.32. The van der Waals surface area contributed by atoms with Gasteiger partial charge in [0.15, 0.2) is 11.4 Å². The van der Waals surface area contributed by atoms with E-state index < -0.39 is 0 Å². The molecule has 0 aliphatic carbocycles. The van der Waals surface area contributed by atoms with Crippen molar-refractivity contribution in [2.24, 2.45) is 5.92 Å². The van der Waals surface area contributed by atoms with Gasteiger partial charge in [0.1, 0.15) is 0 Å². The third-order valence-corrected chi connectivity index (χ3v) is 7.61. The lowest BCUT2D eigenvalue weighted by Crippen LogP contribution is -2.40. The number of hydrogen-bond donors (Lipinski definition) is 0. The molecule has 1 aliphatic heterocycles. The van der Waals surface area contributed by atoms with Crippen molar-refractivity contribution in [3.63, 3.8) is 0 Å². The number of aromatic nitrogens is 3. The van der Waals surface area contributed by atoms with Gasteiger partial charge in [-0.05, 0) is 56.7 Å². The smallest absolute Gasteiger partial charge is 0.254 e. The van der Waals surface area contributed by atoms with E-state index in [2.05, 4.69) is 11.2 Å². The average Bonchev–Trinajstić information content (AvgIpc) is 3.53. The van der Waals surface area contributed by atoms with E-state index in [1.807, 2.05) is 66.1 Å². The van der Waals surface area contributed by atoms with Gasteiger partial charge < -0.3 is 4.90 Å². The molecule has 0 radical (unpaired) electrons. The Morgan fingerprint density at radius 2 is 1.88 bits per heavy atom. The van der Waals surface area contributed by atoms with Gasteiger partial charge in [0, 0.05) is 31.1 Å². The van der Waals surface area contributed by atoms with Crippen LogP contribution in [-0.4, -0.2) is 44.4 Å². The minimum absolute atomic E-state index is 0.0155. The third kappa shape index (κ3) is 4.05. The van der Waals surface area contributed by atoms with E-state index in [4.69, 9.17) is 4.98 Å². The van der Waals surface area contributed by atoms with E-state index in [9.17, 15) is 9.59 Å². The zero-order chi connectivity index (χ0) is 23.8. The third-order valence-electron chi connectivity index (χ3n) is 6.71. The van der Waals surface area contributed by atoms with Gasteiger partial charge in [0.05, 0.1) is 27.7 Å². The lowest BCUT2D eigenvalue weighted by molar-refractivity contribution is 0.0651. The number of pyridine rings is 1. The fourth-order valence-electron chi connectivity index (χ4n) is 4.83. The van der Waals surface area contributed by atoms with Crippen molar-refractivity contribution in [3.05, 3.63) is 70.2 Å². The van der Waals surface area contributed by atoms with E-state index in [1.54, 1.807) is 17.5 Å². The summed E-state index contributed by atoms with van der Waals surface area (Å²) in [7, 11) is 0. The highest BCUT2D eigenvalue weighted by Gasteiger charge is 2.30. The van der Waals surface area contributed by atoms with Crippen molar-refractivity contribution in [2.45, 2.75) is 40.2 Å². The van der Waals surface area contributed by atoms with Crippen molar-refractivity contribution >= 4 is 34.1 Å². The molecule has 4 aromatic rings. The number of piperidine rings is 1. The van der Waals surface area contributed by atoms with Crippen LogP contribution in [0.3, 0.4) is 0 Å². The van der Waals surface area contributed by atoms with Gasteiger partial charge in [0.2, 0.25) is 0 Å². The predicted molar refractivity (Wildman–Crippen MR) is 135 cm³/mol. The Bertz CT molecular complexity index is 1370. The quantitative estimate of drug-likeness (QED) is 0.358. The maximum Gasteiger partial charge on any atom is 0.254 e. The number of benzene rings is 1. The van der Waals surface area contributed by atoms with E-state index in [0.717, 1.165) is 38.3 Å². The monoisotopic (exact) mass is 472 g/mol. The summed E-state index contributed by atoms with van der Waals surface area (Å²) in [4.78, 5) is 34.5. The SMILES string of the molecule is CCn1ncc2c(C(=O)N3CCC(C(=O)c4ccc(C)cc4C)CC3)cc(-c3cccs3)nc21. The number of carbonyl (C=O) groups is 2. The molecule has 3 aromatic heterocycles. The summed E-state index contributed by atoms with van der Waals surface area (Å²) in [6.07, 6.45) is 3.10. The molecule has 6 nitrogen and oxygen atoms in total. The first-order valence-electron chi connectivity index (χ1n) is 11.8. The molecule has 0 N–H and O–H groups in total. The fourth-order valence-corrected chi connectivity index (χ4v) is 5.52. The second-order valence-electron chi connectivity index (χ2n) is 8.98. The molecule has 5 rings (SSSR count). The molecule has 1 fully saturated rings. The standard InChI is InChI=1S/C27H28N4O2S/c1-4-31-26-22(16-28-31)21(15-23(29-26)24-6-5-13-34-24)27(33)30-11-9-19(10-12-30)25(32)20-8-7-17(2)14-18(20)3/h5-8,13-16,19H,4,9-12H2,1-3H3. The van der Waals surface area contributed by atoms with Gasteiger partial charge >= 0.3 is 0 Å². The van der Waals surface area contributed by atoms with Gasteiger partial charge in [-0.3, -0.25) is 9.59 Å². The van der Waals surface area contributed by atoms with Gasteiger partial charge in [-0.25, -0.2) is 9.67 Å². The number of fused-ring (bicyclic) bond motifs is 1. The zero-order valence-corrected chi connectivity index (χ0v) is 20.6. The van der Waals surface area contributed by atoms with Crippen molar-refractivity contribution in [1.29, 1.82) is 0 Å². The number of likely N-dealkylation sites (tertiary alicyclic amines) is 1. The van der Waals surface area contributed by atoms with Crippen molar-refractivity contribution in [3.8, 4) is 10.6 Å². The summed E-state index contributed by atoms with van der Waals surface area (Å²) in [5.41, 5.74) is 5.15. The summed E-state index contributed by atoms with van der Waals surface area (Å²) >= 11 is 1.61. The molecule has 174 valence electrons.